The minimum atomic E-state index is -0.615. The Bertz CT molecular complexity index is 1110. The number of piperazine rings is 1. The summed E-state index contributed by atoms with van der Waals surface area (Å²) in [7, 11) is 0. The number of benzene rings is 2. The van der Waals surface area contributed by atoms with Crippen LogP contribution in [0, 0.1) is 0 Å². The fourth-order valence-electron chi connectivity index (χ4n) is 3.96. The van der Waals surface area contributed by atoms with E-state index in [1.54, 1.807) is 0 Å². The Morgan fingerprint density at radius 2 is 1.90 bits per heavy atom. The molecule has 30 heavy (non-hydrogen) atoms. The zero-order valence-corrected chi connectivity index (χ0v) is 16.5. The van der Waals surface area contributed by atoms with Gasteiger partial charge in [-0.25, -0.2) is 4.98 Å². The number of azo groups is 1. The van der Waals surface area contributed by atoms with Crippen LogP contribution in [0.2, 0.25) is 0 Å². The summed E-state index contributed by atoms with van der Waals surface area (Å²) in [4.78, 5) is 18.9. The van der Waals surface area contributed by atoms with Gasteiger partial charge < -0.3 is 20.4 Å². The predicted octanol–water partition coefficient (Wildman–Crippen LogP) is 3.16. The lowest BCUT2D eigenvalue weighted by molar-refractivity contribution is 0.0996. The largest absolute Gasteiger partial charge is 0.435 e. The molecule has 0 saturated carbocycles. The molecule has 1 saturated heterocycles. The molecule has 5 rings (SSSR count). The molecule has 3 heterocycles. The standard InChI is InChI=1S/C22H22N6O2/c23-21(29)19-20(14-4-6-15(7-5-14)28-12-10-24-11-13-28)30-22(26-19)17-2-1-3-18-16(17)8-9-25-27-18/h1-7,24H,8-13H2,(H2,23,29). The molecule has 152 valence electrons. The van der Waals surface area contributed by atoms with Crippen molar-refractivity contribution in [1.29, 1.82) is 0 Å². The van der Waals surface area contributed by atoms with Crippen LogP contribution in [0.5, 0.6) is 0 Å². The number of primary amides is 1. The third-order valence-electron chi connectivity index (χ3n) is 5.49. The van der Waals surface area contributed by atoms with Gasteiger partial charge in [0.15, 0.2) is 11.5 Å². The van der Waals surface area contributed by atoms with Crippen molar-refractivity contribution in [2.75, 3.05) is 37.6 Å². The van der Waals surface area contributed by atoms with Crippen molar-refractivity contribution in [2.24, 2.45) is 16.0 Å². The molecule has 0 spiro atoms. The summed E-state index contributed by atoms with van der Waals surface area (Å²) in [5, 5.41) is 11.7. The Kier molecular flexibility index (Phi) is 4.76. The topological polar surface area (TPSA) is 109 Å². The highest BCUT2D eigenvalue weighted by Crippen LogP contribution is 2.36. The van der Waals surface area contributed by atoms with E-state index in [1.807, 2.05) is 42.5 Å². The third kappa shape index (κ3) is 3.35. The van der Waals surface area contributed by atoms with Gasteiger partial charge in [0.05, 0.1) is 12.2 Å². The first-order chi connectivity index (χ1) is 14.7. The molecular formula is C22H22N6O2. The quantitative estimate of drug-likeness (QED) is 0.697. The summed E-state index contributed by atoms with van der Waals surface area (Å²) in [5.74, 6) is 0.147. The number of rotatable bonds is 4. The smallest absolute Gasteiger partial charge is 0.271 e. The highest BCUT2D eigenvalue weighted by molar-refractivity contribution is 5.97. The number of nitrogens with two attached hydrogens (primary N) is 1. The average Bonchev–Trinajstić information content (AvgIpc) is 3.25. The van der Waals surface area contributed by atoms with Gasteiger partial charge in [0, 0.05) is 43.0 Å². The van der Waals surface area contributed by atoms with E-state index >= 15 is 0 Å². The van der Waals surface area contributed by atoms with Crippen molar-refractivity contribution in [1.82, 2.24) is 10.3 Å². The van der Waals surface area contributed by atoms with E-state index in [-0.39, 0.29) is 5.69 Å². The molecule has 0 aliphatic carbocycles. The van der Waals surface area contributed by atoms with Gasteiger partial charge in [-0.2, -0.15) is 10.2 Å². The summed E-state index contributed by atoms with van der Waals surface area (Å²) < 4.78 is 6.09. The lowest BCUT2D eigenvalue weighted by Crippen LogP contribution is -2.43. The van der Waals surface area contributed by atoms with Crippen LogP contribution in [-0.2, 0) is 6.42 Å². The molecule has 0 bridgehead atoms. The molecule has 1 amide bonds. The minimum absolute atomic E-state index is 0.134. The first kappa shape index (κ1) is 18.5. The average molecular weight is 402 g/mol. The fraction of sp³-hybridized carbons (Fsp3) is 0.273. The van der Waals surface area contributed by atoms with Gasteiger partial charge >= 0.3 is 0 Å². The van der Waals surface area contributed by atoms with Gasteiger partial charge in [0.1, 0.15) is 0 Å². The van der Waals surface area contributed by atoms with E-state index in [4.69, 9.17) is 10.2 Å². The van der Waals surface area contributed by atoms with Crippen molar-refractivity contribution < 1.29 is 9.21 Å². The Morgan fingerprint density at radius 3 is 2.67 bits per heavy atom. The number of carbonyl (C=O) groups is 1. The first-order valence-corrected chi connectivity index (χ1v) is 10.1. The zero-order valence-electron chi connectivity index (χ0n) is 16.5. The van der Waals surface area contributed by atoms with Crippen molar-refractivity contribution in [2.45, 2.75) is 6.42 Å². The normalized spacial score (nSPS) is 15.8. The molecular weight excluding hydrogens is 380 g/mol. The maximum atomic E-state index is 12.1. The van der Waals surface area contributed by atoms with Gasteiger partial charge in [-0.1, -0.05) is 6.07 Å². The van der Waals surface area contributed by atoms with Crippen LogP contribution >= 0.6 is 0 Å². The predicted molar refractivity (Wildman–Crippen MR) is 114 cm³/mol. The van der Waals surface area contributed by atoms with Crippen LogP contribution in [-0.4, -0.2) is 43.6 Å². The van der Waals surface area contributed by atoms with E-state index < -0.39 is 5.91 Å². The van der Waals surface area contributed by atoms with Crippen LogP contribution < -0.4 is 16.0 Å². The monoisotopic (exact) mass is 402 g/mol. The number of nitrogens with one attached hydrogen (secondary N) is 1. The Labute approximate surface area is 173 Å². The van der Waals surface area contributed by atoms with Crippen LogP contribution in [0.25, 0.3) is 22.8 Å². The number of hydrogen-bond acceptors (Lipinski definition) is 7. The van der Waals surface area contributed by atoms with Crippen LogP contribution in [0.4, 0.5) is 11.4 Å². The second kappa shape index (κ2) is 7.72. The molecule has 3 aromatic rings. The van der Waals surface area contributed by atoms with Gasteiger partial charge in [0.2, 0.25) is 5.89 Å². The molecule has 8 nitrogen and oxygen atoms in total. The van der Waals surface area contributed by atoms with E-state index in [2.05, 4.69) is 25.4 Å². The van der Waals surface area contributed by atoms with E-state index in [0.29, 0.717) is 18.2 Å². The van der Waals surface area contributed by atoms with E-state index in [9.17, 15) is 4.79 Å². The van der Waals surface area contributed by atoms with Crippen LogP contribution in [0.3, 0.4) is 0 Å². The highest BCUT2D eigenvalue weighted by Gasteiger charge is 2.23. The van der Waals surface area contributed by atoms with Crippen LogP contribution in [0.1, 0.15) is 16.1 Å². The number of fused-ring (bicyclic) bond motifs is 1. The maximum absolute atomic E-state index is 12.1. The zero-order chi connectivity index (χ0) is 20.5. The number of carbonyl (C=O) groups excluding carboxylic acids is 1. The lowest BCUT2D eigenvalue weighted by Gasteiger charge is -2.29. The van der Waals surface area contributed by atoms with E-state index in [1.165, 1.54) is 0 Å². The second-order valence-electron chi connectivity index (χ2n) is 7.36. The van der Waals surface area contributed by atoms with Crippen molar-refractivity contribution in [3.8, 4) is 22.8 Å². The molecule has 2 aromatic carbocycles. The molecule has 2 aliphatic heterocycles. The molecule has 8 heteroatoms. The fourth-order valence-corrected chi connectivity index (χ4v) is 3.96. The van der Waals surface area contributed by atoms with Crippen molar-refractivity contribution in [3.63, 3.8) is 0 Å². The van der Waals surface area contributed by atoms with Crippen molar-refractivity contribution in [3.05, 3.63) is 53.7 Å². The molecule has 0 unspecified atom stereocenters. The lowest BCUT2D eigenvalue weighted by atomic mass is 10.0. The SMILES string of the molecule is NC(=O)c1nc(-c2cccc3c2CCN=N3)oc1-c1ccc(N2CCNCC2)cc1. The Hall–Kier alpha value is -3.52. The number of amides is 1. The number of aromatic nitrogens is 1. The highest BCUT2D eigenvalue weighted by atomic mass is 16.4. The minimum Gasteiger partial charge on any atom is -0.435 e. The van der Waals surface area contributed by atoms with Gasteiger partial charge in [-0.3, -0.25) is 4.79 Å². The number of nitrogens with zero attached hydrogens (tertiary/aromatic N) is 4. The molecule has 1 fully saturated rings. The number of oxazole rings is 1. The summed E-state index contributed by atoms with van der Waals surface area (Å²) in [5.41, 5.74) is 10.3. The van der Waals surface area contributed by atoms with E-state index in [0.717, 1.165) is 60.7 Å². The van der Waals surface area contributed by atoms with Crippen LogP contribution in [0.15, 0.2) is 57.1 Å². The summed E-state index contributed by atoms with van der Waals surface area (Å²) in [6.07, 6.45) is 0.748. The first-order valence-electron chi connectivity index (χ1n) is 10.1. The summed E-state index contributed by atoms with van der Waals surface area (Å²) in [6, 6.07) is 13.7. The van der Waals surface area contributed by atoms with Gasteiger partial charge in [-0.05, 0) is 48.4 Å². The Balaban J connectivity index is 1.53. The van der Waals surface area contributed by atoms with Crippen molar-refractivity contribution >= 4 is 17.3 Å². The molecule has 2 aliphatic rings. The summed E-state index contributed by atoms with van der Waals surface area (Å²) in [6.45, 7) is 4.50. The second-order valence-corrected chi connectivity index (χ2v) is 7.36. The maximum Gasteiger partial charge on any atom is 0.271 e. The van der Waals surface area contributed by atoms with Gasteiger partial charge in [0.25, 0.3) is 5.91 Å². The number of anilines is 1. The number of hydrogen-bond donors (Lipinski definition) is 2. The molecule has 1 aromatic heterocycles. The molecule has 3 N–H and O–H groups in total. The Morgan fingerprint density at radius 1 is 1.10 bits per heavy atom. The van der Waals surface area contributed by atoms with Gasteiger partial charge in [-0.15, -0.1) is 0 Å². The summed E-state index contributed by atoms with van der Waals surface area (Å²) >= 11 is 0. The third-order valence-corrected chi connectivity index (χ3v) is 5.49. The molecule has 0 radical (unpaired) electrons. The molecule has 0 atom stereocenters.